The summed E-state index contributed by atoms with van der Waals surface area (Å²) in [5, 5.41) is 9.08. The molecule has 1 N–H and O–H groups in total. The second-order valence-corrected chi connectivity index (χ2v) is 3.70. The zero-order valence-electron chi connectivity index (χ0n) is 8.29. The van der Waals surface area contributed by atoms with Crippen LogP contribution < -0.4 is 0 Å². The van der Waals surface area contributed by atoms with Crippen LogP contribution in [0.15, 0.2) is 12.2 Å². The largest absolute Gasteiger partial charge is 0.480 e. The van der Waals surface area contributed by atoms with E-state index < -0.39 is 11.5 Å². The first-order chi connectivity index (χ1) is 6.11. The SMILES string of the molecule is CC=CCN1CCCC1(C)C(=O)O. The lowest BCUT2D eigenvalue weighted by atomic mass is 9.99. The summed E-state index contributed by atoms with van der Waals surface area (Å²) >= 11 is 0. The van der Waals surface area contributed by atoms with E-state index >= 15 is 0 Å². The lowest BCUT2D eigenvalue weighted by Crippen LogP contribution is -2.47. The van der Waals surface area contributed by atoms with E-state index in [1.54, 1.807) is 0 Å². The number of allylic oxidation sites excluding steroid dienone is 1. The van der Waals surface area contributed by atoms with Gasteiger partial charge in [-0.2, -0.15) is 0 Å². The lowest BCUT2D eigenvalue weighted by molar-refractivity contribution is -0.148. The van der Waals surface area contributed by atoms with E-state index in [1.165, 1.54) is 0 Å². The molecule has 1 atom stereocenters. The molecule has 1 fully saturated rings. The Labute approximate surface area is 79.0 Å². The van der Waals surface area contributed by atoms with Gasteiger partial charge >= 0.3 is 5.97 Å². The van der Waals surface area contributed by atoms with Gasteiger partial charge in [-0.1, -0.05) is 12.2 Å². The molecule has 3 heteroatoms. The summed E-state index contributed by atoms with van der Waals surface area (Å²) < 4.78 is 0. The maximum atomic E-state index is 11.0. The fourth-order valence-electron chi connectivity index (χ4n) is 1.79. The van der Waals surface area contributed by atoms with E-state index in [-0.39, 0.29) is 0 Å². The average molecular weight is 183 g/mol. The molecule has 74 valence electrons. The zero-order chi connectivity index (χ0) is 9.90. The molecule has 1 heterocycles. The highest BCUT2D eigenvalue weighted by atomic mass is 16.4. The standard InChI is InChI=1S/C10H17NO2/c1-3-4-7-11-8-5-6-10(11,2)9(12)13/h3-4H,5-8H2,1-2H3,(H,12,13). The number of hydrogen-bond acceptors (Lipinski definition) is 2. The van der Waals surface area contributed by atoms with Crippen molar-refractivity contribution in [2.75, 3.05) is 13.1 Å². The van der Waals surface area contributed by atoms with Crippen LogP contribution >= 0.6 is 0 Å². The number of nitrogens with zero attached hydrogens (tertiary/aromatic N) is 1. The van der Waals surface area contributed by atoms with Crippen molar-refractivity contribution in [2.45, 2.75) is 32.2 Å². The molecule has 1 saturated heterocycles. The quantitative estimate of drug-likeness (QED) is 0.674. The van der Waals surface area contributed by atoms with Crippen molar-refractivity contribution in [1.29, 1.82) is 0 Å². The summed E-state index contributed by atoms with van der Waals surface area (Å²) in [6.07, 6.45) is 5.72. The Hall–Kier alpha value is -0.830. The number of carboxylic acid groups (broad SMARTS) is 1. The molecule has 0 radical (unpaired) electrons. The molecule has 0 amide bonds. The van der Waals surface area contributed by atoms with Crippen LogP contribution in [0, 0.1) is 0 Å². The molecule has 1 aliphatic rings. The summed E-state index contributed by atoms with van der Waals surface area (Å²) in [4.78, 5) is 13.1. The molecule has 0 aliphatic carbocycles. The third-order valence-corrected chi connectivity index (χ3v) is 2.81. The maximum Gasteiger partial charge on any atom is 0.323 e. The second-order valence-electron chi connectivity index (χ2n) is 3.70. The first-order valence-electron chi connectivity index (χ1n) is 4.71. The molecule has 3 nitrogen and oxygen atoms in total. The predicted molar refractivity (Wildman–Crippen MR) is 51.7 cm³/mol. The van der Waals surface area contributed by atoms with Crippen molar-refractivity contribution >= 4 is 5.97 Å². The molecule has 1 rings (SSSR count). The molecule has 0 aromatic heterocycles. The van der Waals surface area contributed by atoms with Gasteiger partial charge in [-0.05, 0) is 33.2 Å². The van der Waals surface area contributed by atoms with Crippen LogP contribution in [0.3, 0.4) is 0 Å². The molecular formula is C10H17NO2. The smallest absolute Gasteiger partial charge is 0.323 e. The average Bonchev–Trinajstić information content (AvgIpc) is 2.45. The molecule has 0 bridgehead atoms. The number of rotatable bonds is 3. The maximum absolute atomic E-state index is 11.0. The minimum atomic E-state index is -0.700. The van der Waals surface area contributed by atoms with Gasteiger partial charge in [-0.3, -0.25) is 9.69 Å². The summed E-state index contributed by atoms with van der Waals surface area (Å²) in [6.45, 7) is 5.41. The molecular weight excluding hydrogens is 166 g/mol. The third kappa shape index (κ3) is 1.91. The van der Waals surface area contributed by atoms with Gasteiger partial charge in [0.2, 0.25) is 0 Å². The van der Waals surface area contributed by atoms with Crippen molar-refractivity contribution in [1.82, 2.24) is 4.90 Å². The van der Waals surface area contributed by atoms with Crippen LogP contribution in [0.25, 0.3) is 0 Å². The fourth-order valence-corrected chi connectivity index (χ4v) is 1.79. The first kappa shape index (κ1) is 10.3. The van der Waals surface area contributed by atoms with Gasteiger partial charge in [-0.15, -0.1) is 0 Å². The van der Waals surface area contributed by atoms with Crippen LogP contribution in [0.4, 0.5) is 0 Å². The van der Waals surface area contributed by atoms with Crippen molar-refractivity contribution in [2.24, 2.45) is 0 Å². The topological polar surface area (TPSA) is 40.5 Å². The first-order valence-corrected chi connectivity index (χ1v) is 4.71. The molecule has 0 spiro atoms. The number of hydrogen-bond donors (Lipinski definition) is 1. The normalized spacial score (nSPS) is 30.0. The molecule has 0 aromatic carbocycles. The highest BCUT2D eigenvalue weighted by molar-refractivity contribution is 5.78. The summed E-state index contributed by atoms with van der Waals surface area (Å²) in [7, 11) is 0. The highest BCUT2D eigenvalue weighted by Crippen LogP contribution is 2.28. The van der Waals surface area contributed by atoms with E-state index in [0.717, 1.165) is 25.9 Å². The molecule has 0 aromatic rings. The molecule has 1 unspecified atom stereocenters. The van der Waals surface area contributed by atoms with Crippen molar-refractivity contribution in [3.63, 3.8) is 0 Å². The Balaban J connectivity index is 2.67. The van der Waals surface area contributed by atoms with Crippen LogP contribution in [0.1, 0.15) is 26.7 Å². The minimum Gasteiger partial charge on any atom is -0.480 e. The number of aliphatic carboxylic acids is 1. The van der Waals surface area contributed by atoms with Crippen LogP contribution in [-0.2, 0) is 4.79 Å². The fraction of sp³-hybridized carbons (Fsp3) is 0.700. The van der Waals surface area contributed by atoms with Gasteiger partial charge < -0.3 is 5.11 Å². The minimum absolute atomic E-state index is 0.639. The molecule has 13 heavy (non-hydrogen) atoms. The van der Waals surface area contributed by atoms with E-state index in [2.05, 4.69) is 0 Å². The van der Waals surface area contributed by atoms with Crippen LogP contribution in [0.5, 0.6) is 0 Å². The van der Waals surface area contributed by atoms with Gasteiger partial charge in [0.25, 0.3) is 0 Å². The number of carbonyl (C=O) groups is 1. The van der Waals surface area contributed by atoms with Crippen molar-refractivity contribution in [3.8, 4) is 0 Å². The summed E-state index contributed by atoms with van der Waals surface area (Å²) in [5.41, 5.74) is -0.639. The van der Waals surface area contributed by atoms with Crippen molar-refractivity contribution in [3.05, 3.63) is 12.2 Å². The monoisotopic (exact) mass is 183 g/mol. The Bertz CT molecular complexity index is 225. The van der Waals surface area contributed by atoms with E-state index in [4.69, 9.17) is 5.11 Å². The Morgan fingerprint density at radius 2 is 2.38 bits per heavy atom. The third-order valence-electron chi connectivity index (χ3n) is 2.81. The zero-order valence-corrected chi connectivity index (χ0v) is 8.29. The van der Waals surface area contributed by atoms with Gasteiger partial charge in [-0.25, -0.2) is 0 Å². The predicted octanol–water partition coefficient (Wildman–Crippen LogP) is 1.50. The highest BCUT2D eigenvalue weighted by Gasteiger charge is 2.42. The van der Waals surface area contributed by atoms with E-state index in [1.807, 2.05) is 30.9 Å². The van der Waals surface area contributed by atoms with Gasteiger partial charge in [0.15, 0.2) is 0 Å². The van der Waals surface area contributed by atoms with Gasteiger partial charge in [0, 0.05) is 6.54 Å². The Morgan fingerprint density at radius 1 is 1.69 bits per heavy atom. The Morgan fingerprint density at radius 3 is 2.92 bits per heavy atom. The Kier molecular flexibility index (Phi) is 3.09. The van der Waals surface area contributed by atoms with Crippen molar-refractivity contribution < 1.29 is 9.90 Å². The van der Waals surface area contributed by atoms with Gasteiger partial charge in [0.1, 0.15) is 5.54 Å². The van der Waals surface area contributed by atoms with Gasteiger partial charge in [0.05, 0.1) is 0 Å². The molecule has 0 saturated carbocycles. The van der Waals surface area contributed by atoms with E-state index in [9.17, 15) is 4.79 Å². The lowest BCUT2D eigenvalue weighted by Gasteiger charge is -2.29. The second kappa shape index (κ2) is 3.92. The summed E-state index contributed by atoms with van der Waals surface area (Å²) in [5.74, 6) is -0.700. The van der Waals surface area contributed by atoms with Crippen LogP contribution in [0.2, 0.25) is 0 Å². The molecule has 1 aliphatic heterocycles. The summed E-state index contributed by atoms with van der Waals surface area (Å²) in [6, 6.07) is 0. The van der Waals surface area contributed by atoms with E-state index in [0.29, 0.717) is 0 Å². The number of carboxylic acids is 1. The number of likely N-dealkylation sites (tertiary alicyclic amines) is 1. The van der Waals surface area contributed by atoms with Crippen LogP contribution in [-0.4, -0.2) is 34.6 Å².